The van der Waals surface area contributed by atoms with Gasteiger partial charge in [0.15, 0.2) is 0 Å². The van der Waals surface area contributed by atoms with Crippen LogP contribution in [0.1, 0.15) is 26.3 Å². The Morgan fingerprint density at radius 1 is 0.944 bits per heavy atom. The predicted molar refractivity (Wildman–Crippen MR) is 77.7 cm³/mol. The fraction of sp³-hybridized carbons (Fsp3) is 0.412. The molecule has 0 aliphatic rings. The molecule has 0 fully saturated rings. The number of aliphatic hydroxyl groups excluding tert-OH is 1. The van der Waals surface area contributed by atoms with Crippen molar-refractivity contribution in [2.24, 2.45) is 11.8 Å². The molecule has 2 rings (SSSR count). The summed E-state index contributed by atoms with van der Waals surface area (Å²) in [6.07, 6.45) is 0.681. The highest BCUT2D eigenvalue weighted by atomic mass is 16.3. The average molecular weight is 242 g/mol. The van der Waals surface area contributed by atoms with Gasteiger partial charge in [0.25, 0.3) is 0 Å². The second-order valence-electron chi connectivity index (χ2n) is 5.49. The zero-order valence-corrected chi connectivity index (χ0v) is 11.4. The molecule has 2 aromatic rings. The molecule has 1 nitrogen and oxygen atoms in total. The zero-order valence-electron chi connectivity index (χ0n) is 11.4. The maximum atomic E-state index is 9.92. The minimum Gasteiger partial charge on any atom is -0.393 e. The van der Waals surface area contributed by atoms with Crippen molar-refractivity contribution in [2.45, 2.75) is 33.3 Å². The van der Waals surface area contributed by atoms with E-state index < -0.39 is 0 Å². The van der Waals surface area contributed by atoms with Crippen LogP contribution in [0.3, 0.4) is 0 Å². The summed E-state index contributed by atoms with van der Waals surface area (Å²) in [7, 11) is 0. The van der Waals surface area contributed by atoms with Crippen LogP contribution in [0, 0.1) is 11.8 Å². The molecular formula is C17H22O. The van der Waals surface area contributed by atoms with Crippen LogP contribution in [0.15, 0.2) is 42.5 Å². The summed E-state index contributed by atoms with van der Waals surface area (Å²) >= 11 is 0. The molecule has 0 amide bonds. The van der Waals surface area contributed by atoms with Crippen LogP contribution < -0.4 is 0 Å². The molecule has 2 unspecified atom stereocenters. The van der Waals surface area contributed by atoms with Crippen molar-refractivity contribution >= 4 is 10.8 Å². The number of fused-ring (bicyclic) bond motifs is 1. The van der Waals surface area contributed by atoms with Gasteiger partial charge in [0.05, 0.1) is 6.10 Å². The summed E-state index contributed by atoms with van der Waals surface area (Å²) in [5.74, 6) is 0.805. The van der Waals surface area contributed by atoms with E-state index in [1.807, 2.05) is 6.92 Å². The molecule has 0 bridgehead atoms. The molecule has 0 saturated carbocycles. The van der Waals surface area contributed by atoms with Gasteiger partial charge in [-0.25, -0.2) is 0 Å². The molecule has 0 heterocycles. The highest BCUT2D eigenvalue weighted by Crippen LogP contribution is 2.26. The molecular weight excluding hydrogens is 220 g/mol. The third kappa shape index (κ3) is 2.73. The van der Waals surface area contributed by atoms with Gasteiger partial charge in [-0.15, -0.1) is 0 Å². The van der Waals surface area contributed by atoms with Crippen LogP contribution in [0.4, 0.5) is 0 Å². The number of aliphatic hydroxyl groups is 1. The largest absolute Gasteiger partial charge is 0.393 e. The second-order valence-corrected chi connectivity index (χ2v) is 5.49. The van der Waals surface area contributed by atoms with E-state index in [2.05, 4.69) is 56.3 Å². The Morgan fingerprint density at radius 3 is 2.28 bits per heavy atom. The van der Waals surface area contributed by atoms with E-state index in [0.29, 0.717) is 11.8 Å². The van der Waals surface area contributed by atoms with Crippen molar-refractivity contribution in [3.8, 4) is 0 Å². The molecule has 18 heavy (non-hydrogen) atoms. The van der Waals surface area contributed by atoms with E-state index >= 15 is 0 Å². The minimum absolute atomic E-state index is 0.260. The summed E-state index contributed by atoms with van der Waals surface area (Å²) in [4.78, 5) is 0. The molecule has 96 valence electrons. The SMILES string of the molecule is CC(C)C(Cc1cccc2ccccc12)C(C)O. The first-order chi connectivity index (χ1) is 8.59. The zero-order chi connectivity index (χ0) is 13.1. The van der Waals surface area contributed by atoms with Crippen LogP contribution in [-0.4, -0.2) is 11.2 Å². The minimum atomic E-state index is -0.260. The maximum Gasteiger partial charge on any atom is 0.0545 e. The van der Waals surface area contributed by atoms with Gasteiger partial charge < -0.3 is 5.11 Å². The van der Waals surface area contributed by atoms with Gasteiger partial charge in [-0.1, -0.05) is 56.3 Å². The smallest absolute Gasteiger partial charge is 0.0545 e. The van der Waals surface area contributed by atoms with Gasteiger partial charge >= 0.3 is 0 Å². The van der Waals surface area contributed by atoms with E-state index in [-0.39, 0.29) is 6.10 Å². The van der Waals surface area contributed by atoms with Gasteiger partial charge in [-0.05, 0) is 41.5 Å². The van der Waals surface area contributed by atoms with Gasteiger partial charge in [-0.3, -0.25) is 0 Å². The first-order valence-electron chi connectivity index (χ1n) is 6.74. The number of hydrogen-bond donors (Lipinski definition) is 1. The Balaban J connectivity index is 2.36. The van der Waals surface area contributed by atoms with Crippen molar-refractivity contribution in [3.63, 3.8) is 0 Å². The maximum absolute atomic E-state index is 9.92. The van der Waals surface area contributed by atoms with Crippen molar-refractivity contribution in [1.29, 1.82) is 0 Å². The third-order valence-electron chi connectivity index (χ3n) is 3.81. The first-order valence-corrected chi connectivity index (χ1v) is 6.74. The molecule has 1 heteroatoms. The highest BCUT2D eigenvalue weighted by molar-refractivity contribution is 5.85. The third-order valence-corrected chi connectivity index (χ3v) is 3.81. The summed E-state index contributed by atoms with van der Waals surface area (Å²) in [6, 6.07) is 14.9. The number of rotatable bonds is 4. The molecule has 2 aromatic carbocycles. The van der Waals surface area contributed by atoms with Crippen LogP contribution in [0.25, 0.3) is 10.8 Å². The van der Waals surface area contributed by atoms with Crippen molar-refractivity contribution in [3.05, 3.63) is 48.0 Å². The molecule has 0 aliphatic heterocycles. The van der Waals surface area contributed by atoms with Crippen molar-refractivity contribution in [1.82, 2.24) is 0 Å². The Kier molecular flexibility index (Phi) is 4.03. The highest BCUT2D eigenvalue weighted by Gasteiger charge is 2.20. The summed E-state index contributed by atoms with van der Waals surface area (Å²) < 4.78 is 0. The fourth-order valence-electron chi connectivity index (χ4n) is 2.69. The molecule has 1 N–H and O–H groups in total. The summed E-state index contributed by atoms with van der Waals surface area (Å²) in [6.45, 7) is 6.26. The normalized spacial score (nSPS) is 14.9. The molecule has 2 atom stereocenters. The first kappa shape index (κ1) is 13.1. The van der Waals surface area contributed by atoms with Crippen molar-refractivity contribution in [2.75, 3.05) is 0 Å². The van der Waals surface area contributed by atoms with Crippen LogP contribution in [0.5, 0.6) is 0 Å². The summed E-state index contributed by atoms with van der Waals surface area (Å²) in [5.41, 5.74) is 1.34. The molecule has 0 spiro atoms. The van der Waals surface area contributed by atoms with E-state index in [1.165, 1.54) is 16.3 Å². The van der Waals surface area contributed by atoms with Gasteiger partial charge in [0, 0.05) is 0 Å². The van der Waals surface area contributed by atoms with Gasteiger partial charge in [0.1, 0.15) is 0 Å². The van der Waals surface area contributed by atoms with E-state index in [4.69, 9.17) is 0 Å². The van der Waals surface area contributed by atoms with Crippen LogP contribution >= 0.6 is 0 Å². The van der Waals surface area contributed by atoms with E-state index in [9.17, 15) is 5.11 Å². The lowest BCUT2D eigenvalue weighted by Crippen LogP contribution is -2.24. The van der Waals surface area contributed by atoms with Crippen LogP contribution in [-0.2, 0) is 6.42 Å². The molecule has 0 radical (unpaired) electrons. The molecule has 0 aromatic heterocycles. The molecule has 0 saturated heterocycles. The van der Waals surface area contributed by atoms with Crippen molar-refractivity contribution < 1.29 is 5.11 Å². The van der Waals surface area contributed by atoms with Crippen LogP contribution in [0.2, 0.25) is 0 Å². The second kappa shape index (κ2) is 5.53. The van der Waals surface area contributed by atoms with E-state index in [1.54, 1.807) is 0 Å². The Bertz CT molecular complexity index is 501. The Morgan fingerprint density at radius 2 is 1.61 bits per heavy atom. The lowest BCUT2D eigenvalue weighted by Gasteiger charge is -2.24. The average Bonchev–Trinajstić information content (AvgIpc) is 2.35. The Labute approximate surface area is 109 Å². The standard InChI is InChI=1S/C17H22O/c1-12(2)17(13(3)18)11-15-9-6-8-14-7-4-5-10-16(14)15/h4-10,12-13,17-18H,11H2,1-3H3. The molecule has 0 aliphatic carbocycles. The number of benzene rings is 2. The van der Waals surface area contributed by atoms with E-state index in [0.717, 1.165) is 6.42 Å². The topological polar surface area (TPSA) is 20.2 Å². The lowest BCUT2D eigenvalue weighted by molar-refractivity contribution is 0.0979. The summed E-state index contributed by atoms with van der Waals surface area (Å²) in [5, 5.41) is 12.5. The quantitative estimate of drug-likeness (QED) is 0.858. The fourth-order valence-corrected chi connectivity index (χ4v) is 2.69. The van der Waals surface area contributed by atoms with Gasteiger partial charge in [-0.2, -0.15) is 0 Å². The van der Waals surface area contributed by atoms with Gasteiger partial charge in [0.2, 0.25) is 0 Å². The Hall–Kier alpha value is -1.34. The number of hydrogen-bond acceptors (Lipinski definition) is 1. The lowest BCUT2D eigenvalue weighted by atomic mass is 9.84. The predicted octanol–water partition coefficient (Wildman–Crippen LogP) is 4.04. The monoisotopic (exact) mass is 242 g/mol.